The lowest BCUT2D eigenvalue weighted by Gasteiger charge is -2.03. The van der Waals surface area contributed by atoms with Gasteiger partial charge in [-0.25, -0.2) is 0 Å². The van der Waals surface area contributed by atoms with Gasteiger partial charge in [0.1, 0.15) is 0 Å². The summed E-state index contributed by atoms with van der Waals surface area (Å²) in [5, 5.41) is 0. The van der Waals surface area contributed by atoms with E-state index in [2.05, 4.69) is 13.8 Å². The summed E-state index contributed by atoms with van der Waals surface area (Å²) >= 11 is 0. The van der Waals surface area contributed by atoms with E-state index in [1.165, 1.54) is 94.6 Å². The van der Waals surface area contributed by atoms with Crippen molar-refractivity contribution in [2.75, 3.05) is 0 Å². The Morgan fingerprint density at radius 2 is 1.20 bits per heavy atom. The molecule has 0 spiro atoms. The second kappa shape index (κ2) is 12.1. The van der Waals surface area contributed by atoms with Gasteiger partial charge in [-0.05, 0) is 30.9 Å². The summed E-state index contributed by atoms with van der Waals surface area (Å²) in [5.41, 5.74) is 2.71. The van der Waals surface area contributed by atoms with Gasteiger partial charge in [-0.3, -0.25) is 0 Å². The predicted octanol–water partition coefficient (Wildman–Crippen LogP) is 6.83. The predicted molar refractivity (Wildman–Crippen MR) is 88.2 cm³/mol. The fourth-order valence-electron chi connectivity index (χ4n) is 2.80. The van der Waals surface area contributed by atoms with E-state index in [0.717, 1.165) is 0 Å². The summed E-state index contributed by atoms with van der Waals surface area (Å²) in [5.74, 6) is 0. The Morgan fingerprint density at radius 3 is 1.65 bits per heavy atom. The van der Waals surface area contributed by atoms with Gasteiger partial charge in [0.05, 0.1) is 12.5 Å². The van der Waals surface area contributed by atoms with Gasteiger partial charge in [-0.1, -0.05) is 77.6 Å². The molecule has 0 bridgehead atoms. The lowest BCUT2D eigenvalue weighted by molar-refractivity contribution is 0.541. The third-order valence-corrected chi connectivity index (χ3v) is 4.26. The fraction of sp³-hybridized carbons (Fsp3) is 0.789. The first-order valence-corrected chi connectivity index (χ1v) is 8.86. The van der Waals surface area contributed by atoms with Crippen molar-refractivity contribution in [2.45, 2.75) is 97.3 Å². The number of hydrogen-bond donors (Lipinski definition) is 0. The van der Waals surface area contributed by atoms with Crippen molar-refractivity contribution in [3.63, 3.8) is 0 Å². The van der Waals surface area contributed by atoms with Gasteiger partial charge in [0, 0.05) is 0 Å². The van der Waals surface area contributed by atoms with Gasteiger partial charge in [-0.15, -0.1) is 0 Å². The minimum Gasteiger partial charge on any atom is -0.472 e. The standard InChI is InChI=1S/C19H34O/c1-3-4-5-6-7-8-9-10-11-12-13-14-15-19-17-20-16-18(19)2/h16-17H,3-15H2,1-2H3. The van der Waals surface area contributed by atoms with Crippen molar-refractivity contribution >= 4 is 0 Å². The van der Waals surface area contributed by atoms with Crippen LogP contribution in [0.2, 0.25) is 0 Å². The average molecular weight is 278 g/mol. The zero-order valence-corrected chi connectivity index (χ0v) is 13.8. The normalized spacial score (nSPS) is 11.1. The first-order chi connectivity index (χ1) is 9.84. The molecular formula is C19H34O. The number of furan rings is 1. The fourth-order valence-corrected chi connectivity index (χ4v) is 2.80. The van der Waals surface area contributed by atoms with Crippen LogP contribution in [0.15, 0.2) is 16.9 Å². The molecule has 0 unspecified atom stereocenters. The molecule has 0 radical (unpaired) electrons. The van der Waals surface area contributed by atoms with Crippen molar-refractivity contribution in [1.82, 2.24) is 0 Å². The molecule has 0 aromatic carbocycles. The van der Waals surface area contributed by atoms with Crippen LogP contribution in [0.3, 0.4) is 0 Å². The third-order valence-electron chi connectivity index (χ3n) is 4.26. The Bertz CT molecular complexity index is 313. The van der Waals surface area contributed by atoms with Crippen LogP contribution in [0, 0.1) is 6.92 Å². The maximum absolute atomic E-state index is 5.20. The van der Waals surface area contributed by atoms with Crippen molar-refractivity contribution in [3.05, 3.63) is 23.7 Å². The van der Waals surface area contributed by atoms with Crippen molar-refractivity contribution in [2.24, 2.45) is 0 Å². The minimum absolute atomic E-state index is 1.19. The lowest BCUT2D eigenvalue weighted by Crippen LogP contribution is -1.86. The SMILES string of the molecule is CCCCCCCCCCCCCCc1cocc1C. The van der Waals surface area contributed by atoms with Gasteiger partial charge in [0.15, 0.2) is 0 Å². The highest BCUT2D eigenvalue weighted by Crippen LogP contribution is 2.15. The van der Waals surface area contributed by atoms with Crippen LogP contribution in [-0.4, -0.2) is 0 Å². The van der Waals surface area contributed by atoms with Crippen LogP contribution < -0.4 is 0 Å². The van der Waals surface area contributed by atoms with Crippen LogP contribution in [0.4, 0.5) is 0 Å². The molecule has 1 aromatic rings. The molecule has 0 fully saturated rings. The molecule has 1 aromatic heterocycles. The molecular weight excluding hydrogens is 244 g/mol. The maximum Gasteiger partial charge on any atom is 0.0937 e. The van der Waals surface area contributed by atoms with Gasteiger partial charge in [-0.2, -0.15) is 0 Å². The van der Waals surface area contributed by atoms with E-state index < -0.39 is 0 Å². The monoisotopic (exact) mass is 278 g/mol. The van der Waals surface area contributed by atoms with Crippen LogP contribution in [0.5, 0.6) is 0 Å². The van der Waals surface area contributed by atoms with E-state index in [-0.39, 0.29) is 0 Å². The summed E-state index contributed by atoms with van der Waals surface area (Å²) in [6, 6.07) is 0. The van der Waals surface area contributed by atoms with Crippen molar-refractivity contribution in [3.8, 4) is 0 Å². The van der Waals surface area contributed by atoms with Crippen molar-refractivity contribution < 1.29 is 4.42 Å². The highest BCUT2D eigenvalue weighted by molar-refractivity contribution is 5.18. The Morgan fingerprint density at radius 1 is 0.700 bits per heavy atom. The first kappa shape index (κ1) is 17.3. The van der Waals surface area contributed by atoms with E-state index in [0.29, 0.717) is 0 Å². The van der Waals surface area contributed by atoms with Crippen LogP contribution in [0.25, 0.3) is 0 Å². The van der Waals surface area contributed by atoms with Gasteiger partial charge in [0.25, 0.3) is 0 Å². The minimum atomic E-state index is 1.19. The molecule has 0 saturated carbocycles. The Kier molecular flexibility index (Phi) is 10.4. The van der Waals surface area contributed by atoms with Gasteiger partial charge < -0.3 is 4.42 Å². The number of rotatable bonds is 13. The Balaban J connectivity index is 1.78. The molecule has 1 rings (SSSR count). The maximum atomic E-state index is 5.20. The Hall–Kier alpha value is -0.720. The topological polar surface area (TPSA) is 13.1 Å². The van der Waals surface area contributed by atoms with Crippen LogP contribution in [0.1, 0.15) is 95.1 Å². The molecule has 0 N–H and O–H groups in total. The highest BCUT2D eigenvalue weighted by atomic mass is 16.3. The second-order valence-electron chi connectivity index (χ2n) is 6.22. The van der Waals surface area contributed by atoms with Crippen LogP contribution in [-0.2, 0) is 6.42 Å². The summed E-state index contributed by atoms with van der Waals surface area (Å²) in [6.07, 6.45) is 22.0. The van der Waals surface area contributed by atoms with E-state index in [4.69, 9.17) is 4.42 Å². The molecule has 0 amide bonds. The third kappa shape index (κ3) is 8.45. The summed E-state index contributed by atoms with van der Waals surface area (Å²) in [6.45, 7) is 4.42. The summed E-state index contributed by atoms with van der Waals surface area (Å²) in [4.78, 5) is 0. The van der Waals surface area contributed by atoms with Crippen LogP contribution >= 0.6 is 0 Å². The van der Waals surface area contributed by atoms with Gasteiger partial charge in [0.2, 0.25) is 0 Å². The number of aryl methyl sites for hydroxylation is 2. The largest absolute Gasteiger partial charge is 0.472 e. The number of unbranched alkanes of at least 4 members (excludes halogenated alkanes) is 11. The second-order valence-corrected chi connectivity index (χ2v) is 6.22. The summed E-state index contributed by atoms with van der Waals surface area (Å²) in [7, 11) is 0. The highest BCUT2D eigenvalue weighted by Gasteiger charge is 2.00. The lowest BCUT2D eigenvalue weighted by atomic mass is 10.0. The number of hydrogen-bond acceptors (Lipinski definition) is 1. The smallest absolute Gasteiger partial charge is 0.0937 e. The van der Waals surface area contributed by atoms with E-state index in [1.54, 1.807) is 0 Å². The zero-order valence-electron chi connectivity index (χ0n) is 13.8. The van der Waals surface area contributed by atoms with Crippen molar-refractivity contribution in [1.29, 1.82) is 0 Å². The molecule has 0 aliphatic rings. The van der Waals surface area contributed by atoms with Gasteiger partial charge >= 0.3 is 0 Å². The average Bonchev–Trinajstić information content (AvgIpc) is 2.85. The van der Waals surface area contributed by atoms with E-state index >= 15 is 0 Å². The molecule has 0 aliphatic heterocycles. The molecule has 1 heterocycles. The molecule has 1 heteroatoms. The molecule has 20 heavy (non-hydrogen) atoms. The zero-order chi connectivity index (χ0) is 14.5. The first-order valence-electron chi connectivity index (χ1n) is 8.86. The summed E-state index contributed by atoms with van der Waals surface area (Å²) < 4.78 is 5.20. The molecule has 0 atom stereocenters. The Labute approximate surface area is 126 Å². The molecule has 116 valence electrons. The molecule has 1 nitrogen and oxygen atoms in total. The van der Waals surface area contributed by atoms with E-state index in [1.807, 2.05) is 12.5 Å². The van der Waals surface area contributed by atoms with E-state index in [9.17, 15) is 0 Å². The molecule has 0 saturated heterocycles. The molecule has 0 aliphatic carbocycles. The quantitative estimate of drug-likeness (QED) is 0.360.